The second kappa shape index (κ2) is 3.59. The van der Waals surface area contributed by atoms with Crippen LogP contribution < -0.4 is 0 Å². The lowest BCUT2D eigenvalue weighted by Gasteiger charge is -2.00. The zero-order valence-electron chi connectivity index (χ0n) is 6.69. The third kappa shape index (κ3) is 2.20. The summed E-state index contributed by atoms with van der Waals surface area (Å²) in [6, 6.07) is 5.86. The number of rotatable bonds is 2. The number of phenols is 1. The van der Waals surface area contributed by atoms with E-state index >= 15 is 0 Å². The van der Waals surface area contributed by atoms with Crippen molar-refractivity contribution in [1.29, 1.82) is 5.26 Å². The average Bonchev–Trinajstić information content (AvgIpc) is 2.07. The summed E-state index contributed by atoms with van der Waals surface area (Å²) >= 11 is 0. The molecule has 0 aliphatic heterocycles. The summed E-state index contributed by atoms with van der Waals surface area (Å²) in [5, 5.41) is 26.1. The van der Waals surface area contributed by atoms with Gasteiger partial charge in [-0.1, -0.05) is 6.07 Å². The first-order valence-corrected chi connectivity index (χ1v) is 3.57. The van der Waals surface area contributed by atoms with Crippen LogP contribution in [0.25, 0.3) is 0 Å². The third-order valence-electron chi connectivity index (χ3n) is 1.56. The Balaban J connectivity index is 3.08. The van der Waals surface area contributed by atoms with Gasteiger partial charge in [0.1, 0.15) is 5.75 Å². The molecule has 66 valence electrons. The molecule has 1 rings (SSSR count). The molecule has 0 aromatic heterocycles. The molecule has 4 nitrogen and oxygen atoms in total. The van der Waals surface area contributed by atoms with Gasteiger partial charge in [-0.2, -0.15) is 5.26 Å². The van der Waals surface area contributed by atoms with E-state index in [1.807, 2.05) is 6.07 Å². The molecule has 0 radical (unpaired) electrons. The van der Waals surface area contributed by atoms with Crippen LogP contribution in [-0.4, -0.2) is 16.2 Å². The number of hydrogen-bond acceptors (Lipinski definition) is 3. The fourth-order valence-corrected chi connectivity index (χ4v) is 0.986. The van der Waals surface area contributed by atoms with E-state index in [-0.39, 0.29) is 17.7 Å². The molecule has 0 aliphatic rings. The number of phenolic OH excluding ortho intramolecular Hbond substituents is 1. The molecule has 1 aromatic carbocycles. The molecule has 0 spiro atoms. The number of hydrogen-bond donors (Lipinski definition) is 2. The van der Waals surface area contributed by atoms with Gasteiger partial charge in [-0.25, -0.2) is 0 Å². The first-order valence-electron chi connectivity index (χ1n) is 3.57. The Morgan fingerprint density at radius 3 is 2.77 bits per heavy atom. The minimum atomic E-state index is -0.998. The molecule has 0 bridgehead atoms. The molecule has 2 N–H and O–H groups in total. The molecule has 1 aromatic rings. The Kier molecular flexibility index (Phi) is 2.50. The summed E-state index contributed by atoms with van der Waals surface area (Å²) < 4.78 is 0. The van der Waals surface area contributed by atoms with Crippen LogP contribution in [0.3, 0.4) is 0 Å². The normalized spacial score (nSPS) is 9.15. The minimum absolute atomic E-state index is 0.0364. The lowest BCUT2D eigenvalue weighted by molar-refractivity contribution is -0.136. The van der Waals surface area contributed by atoms with Gasteiger partial charge in [-0.15, -0.1) is 0 Å². The number of aromatic hydroxyl groups is 1. The number of aliphatic carboxylic acids is 1. The minimum Gasteiger partial charge on any atom is -0.508 e. The highest BCUT2D eigenvalue weighted by Gasteiger charge is 2.06. The maximum absolute atomic E-state index is 10.3. The largest absolute Gasteiger partial charge is 0.508 e. The van der Waals surface area contributed by atoms with Crippen molar-refractivity contribution in [2.75, 3.05) is 0 Å². The lowest BCUT2D eigenvalue weighted by Crippen LogP contribution is -2.01. The second-order valence-corrected chi connectivity index (χ2v) is 2.52. The van der Waals surface area contributed by atoms with E-state index in [2.05, 4.69) is 0 Å². The molecule has 4 heteroatoms. The van der Waals surface area contributed by atoms with Crippen LogP contribution in [0.15, 0.2) is 18.2 Å². The van der Waals surface area contributed by atoms with E-state index in [9.17, 15) is 4.79 Å². The quantitative estimate of drug-likeness (QED) is 0.702. The maximum atomic E-state index is 10.3. The van der Waals surface area contributed by atoms with Crippen molar-refractivity contribution in [3.05, 3.63) is 29.3 Å². The monoisotopic (exact) mass is 177 g/mol. The third-order valence-corrected chi connectivity index (χ3v) is 1.56. The van der Waals surface area contributed by atoms with Gasteiger partial charge in [0.25, 0.3) is 0 Å². The molecule has 0 heterocycles. The molecule has 0 atom stereocenters. The van der Waals surface area contributed by atoms with Gasteiger partial charge in [0.2, 0.25) is 0 Å². The molecular formula is C9H7NO3. The fourth-order valence-electron chi connectivity index (χ4n) is 0.986. The van der Waals surface area contributed by atoms with Crippen LogP contribution in [0, 0.1) is 11.3 Å². The Morgan fingerprint density at radius 1 is 1.54 bits per heavy atom. The molecule has 0 saturated heterocycles. The highest BCUT2D eigenvalue weighted by Crippen LogP contribution is 2.16. The van der Waals surface area contributed by atoms with Gasteiger partial charge in [0.15, 0.2) is 0 Å². The van der Waals surface area contributed by atoms with E-state index in [0.717, 1.165) is 0 Å². The number of benzene rings is 1. The van der Waals surface area contributed by atoms with Crippen molar-refractivity contribution in [3.8, 4) is 11.8 Å². The van der Waals surface area contributed by atoms with Gasteiger partial charge >= 0.3 is 5.97 Å². The number of carboxylic acids is 1. The Bertz CT molecular complexity index is 379. The summed E-state index contributed by atoms with van der Waals surface area (Å²) in [4.78, 5) is 10.3. The van der Waals surface area contributed by atoms with Crippen LogP contribution in [0.4, 0.5) is 0 Å². The number of carboxylic acid groups (broad SMARTS) is 1. The number of nitriles is 1. The van der Waals surface area contributed by atoms with Crippen molar-refractivity contribution in [3.63, 3.8) is 0 Å². The zero-order chi connectivity index (χ0) is 9.84. The van der Waals surface area contributed by atoms with E-state index < -0.39 is 5.97 Å². The van der Waals surface area contributed by atoms with Gasteiger partial charge in [-0.05, 0) is 17.7 Å². The van der Waals surface area contributed by atoms with Crippen LogP contribution in [-0.2, 0) is 11.2 Å². The number of carbonyl (C=O) groups is 1. The maximum Gasteiger partial charge on any atom is 0.307 e. The first-order chi connectivity index (χ1) is 6.13. The Hall–Kier alpha value is -2.02. The predicted octanol–water partition coefficient (Wildman–Crippen LogP) is 0.891. The summed E-state index contributed by atoms with van der Waals surface area (Å²) in [5.41, 5.74) is 0.607. The van der Waals surface area contributed by atoms with E-state index in [4.69, 9.17) is 15.5 Å². The summed E-state index contributed by atoms with van der Waals surface area (Å²) in [7, 11) is 0. The van der Waals surface area contributed by atoms with Crippen molar-refractivity contribution >= 4 is 5.97 Å². The smallest absolute Gasteiger partial charge is 0.307 e. The molecule has 0 aliphatic carbocycles. The zero-order valence-corrected chi connectivity index (χ0v) is 6.69. The van der Waals surface area contributed by atoms with Crippen molar-refractivity contribution in [2.24, 2.45) is 0 Å². The average molecular weight is 177 g/mol. The van der Waals surface area contributed by atoms with E-state index in [1.54, 1.807) is 0 Å². The van der Waals surface area contributed by atoms with Crippen molar-refractivity contribution < 1.29 is 15.0 Å². The topological polar surface area (TPSA) is 81.3 Å². The molecule has 13 heavy (non-hydrogen) atoms. The predicted molar refractivity (Wildman–Crippen MR) is 44.2 cm³/mol. The fraction of sp³-hybridized carbons (Fsp3) is 0.111. The SMILES string of the molecule is N#Cc1cc(O)ccc1CC(=O)O. The van der Waals surface area contributed by atoms with Gasteiger partial charge in [-0.3, -0.25) is 4.79 Å². The first kappa shape index (κ1) is 9.07. The van der Waals surface area contributed by atoms with Crippen LogP contribution >= 0.6 is 0 Å². The van der Waals surface area contributed by atoms with Crippen molar-refractivity contribution in [1.82, 2.24) is 0 Å². The highest BCUT2D eigenvalue weighted by molar-refractivity contribution is 5.71. The number of nitrogens with zero attached hydrogens (tertiary/aromatic N) is 1. The lowest BCUT2D eigenvalue weighted by atomic mass is 10.1. The Morgan fingerprint density at radius 2 is 2.23 bits per heavy atom. The van der Waals surface area contributed by atoms with Crippen LogP contribution in [0.2, 0.25) is 0 Å². The van der Waals surface area contributed by atoms with Gasteiger partial charge < -0.3 is 10.2 Å². The Labute approximate surface area is 74.7 Å². The second-order valence-electron chi connectivity index (χ2n) is 2.52. The van der Waals surface area contributed by atoms with E-state index in [1.165, 1.54) is 18.2 Å². The molecule has 0 amide bonds. The standard InChI is InChI=1S/C9H7NO3/c10-5-7-3-8(11)2-1-6(7)4-9(12)13/h1-3,11H,4H2,(H,12,13). The van der Waals surface area contributed by atoms with Crippen molar-refractivity contribution in [2.45, 2.75) is 6.42 Å². The summed E-state index contributed by atoms with van der Waals surface area (Å²) in [5.74, 6) is -1.03. The molecule has 0 saturated carbocycles. The summed E-state index contributed by atoms with van der Waals surface area (Å²) in [6.07, 6.45) is -0.205. The molecule has 0 fully saturated rings. The van der Waals surface area contributed by atoms with Crippen LogP contribution in [0.5, 0.6) is 5.75 Å². The summed E-state index contributed by atoms with van der Waals surface area (Å²) in [6.45, 7) is 0. The van der Waals surface area contributed by atoms with Gasteiger partial charge in [0, 0.05) is 0 Å². The van der Waals surface area contributed by atoms with Gasteiger partial charge in [0.05, 0.1) is 18.1 Å². The highest BCUT2D eigenvalue weighted by atomic mass is 16.4. The molecule has 0 unspecified atom stereocenters. The van der Waals surface area contributed by atoms with E-state index in [0.29, 0.717) is 5.56 Å². The van der Waals surface area contributed by atoms with Crippen LogP contribution in [0.1, 0.15) is 11.1 Å². The molecular weight excluding hydrogens is 170 g/mol.